The van der Waals surface area contributed by atoms with Crippen LogP contribution in [-0.4, -0.2) is 51.3 Å². The maximum atomic E-state index is 13.4. The Balaban J connectivity index is 1.71. The molecule has 0 saturated heterocycles. The van der Waals surface area contributed by atoms with E-state index in [0.717, 1.165) is 19.3 Å². The maximum absolute atomic E-state index is 13.4. The molecule has 0 atom stereocenters. The van der Waals surface area contributed by atoms with Crippen molar-refractivity contribution in [2.24, 2.45) is 0 Å². The Morgan fingerprint density at radius 2 is 1.94 bits per heavy atom. The number of amides is 1. The zero-order valence-electron chi connectivity index (χ0n) is 17.2. The van der Waals surface area contributed by atoms with Crippen molar-refractivity contribution in [2.45, 2.75) is 37.6 Å². The molecule has 2 aromatic heterocycles. The highest BCUT2D eigenvalue weighted by molar-refractivity contribution is 7.19. The molecule has 1 fully saturated rings. The molecule has 4 rings (SSSR count). The lowest BCUT2D eigenvalue weighted by Gasteiger charge is -2.34. The van der Waals surface area contributed by atoms with Crippen LogP contribution in [0, 0.1) is 0 Å². The van der Waals surface area contributed by atoms with Crippen molar-refractivity contribution in [3.63, 3.8) is 0 Å². The van der Waals surface area contributed by atoms with Gasteiger partial charge in [0.05, 0.1) is 19.1 Å². The Morgan fingerprint density at radius 1 is 1.16 bits per heavy atom. The van der Waals surface area contributed by atoms with E-state index in [1.54, 1.807) is 13.2 Å². The molecule has 162 valence electrons. The van der Waals surface area contributed by atoms with Crippen molar-refractivity contribution in [3.8, 4) is 16.2 Å². The van der Waals surface area contributed by atoms with E-state index in [1.165, 1.54) is 29.5 Å². The monoisotopic (exact) mass is 442 g/mol. The lowest BCUT2D eigenvalue weighted by molar-refractivity contribution is -0.126. The third-order valence-electron chi connectivity index (χ3n) is 5.47. The number of carbonyl (C=O) groups excluding carboxylic acids is 2. The second-order valence-corrected chi connectivity index (χ2v) is 8.19. The van der Waals surface area contributed by atoms with Gasteiger partial charge in [-0.1, -0.05) is 42.7 Å². The van der Waals surface area contributed by atoms with Crippen molar-refractivity contribution in [1.29, 1.82) is 0 Å². The number of thiazole rings is 1. The molecule has 1 amide bonds. The Labute approximate surface area is 182 Å². The van der Waals surface area contributed by atoms with Crippen LogP contribution in [0.15, 0.2) is 30.6 Å². The zero-order chi connectivity index (χ0) is 21.8. The average molecular weight is 443 g/mol. The van der Waals surface area contributed by atoms with E-state index >= 15 is 0 Å². The van der Waals surface area contributed by atoms with Gasteiger partial charge in [-0.3, -0.25) is 10.1 Å². The van der Waals surface area contributed by atoms with Crippen LogP contribution in [0.1, 0.15) is 42.6 Å². The molecular weight excluding hydrogens is 420 g/mol. The third-order valence-corrected chi connectivity index (χ3v) is 6.47. The SMILES string of the molecule is COC(=O)c1nc(NC(=O)C2(n3cnnn3)CCCCC2)sc1-c1ccccc1OC. The lowest BCUT2D eigenvalue weighted by Crippen LogP contribution is -2.47. The Morgan fingerprint density at radius 3 is 2.61 bits per heavy atom. The largest absolute Gasteiger partial charge is 0.496 e. The summed E-state index contributed by atoms with van der Waals surface area (Å²) in [5, 5.41) is 14.6. The number of aromatic nitrogens is 5. The van der Waals surface area contributed by atoms with Gasteiger partial charge in [0.1, 0.15) is 17.6 Å². The summed E-state index contributed by atoms with van der Waals surface area (Å²) in [7, 11) is 2.85. The van der Waals surface area contributed by atoms with Crippen molar-refractivity contribution < 1.29 is 19.1 Å². The van der Waals surface area contributed by atoms with Gasteiger partial charge in [0, 0.05) is 5.56 Å². The van der Waals surface area contributed by atoms with Crippen LogP contribution >= 0.6 is 11.3 Å². The van der Waals surface area contributed by atoms with Crippen LogP contribution in [0.25, 0.3) is 10.4 Å². The smallest absolute Gasteiger partial charge is 0.358 e. The first-order valence-electron chi connectivity index (χ1n) is 9.86. The second kappa shape index (κ2) is 8.80. The van der Waals surface area contributed by atoms with Crippen molar-refractivity contribution in [2.75, 3.05) is 19.5 Å². The first kappa shape index (κ1) is 20.9. The summed E-state index contributed by atoms with van der Waals surface area (Å²) in [5.41, 5.74) is -0.0765. The van der Waals surface area contributed by atoms with Gasteiger partial charge in [0.25, 0.3) is 5.91 Å². The van der Waals surface area contributed by atoms with Crippen LogP contribution in [0.3, 0.4) is 0 Å². The molecule has 1 saturated carbocycles. The van der Waals surface area contributed by atoms with Crippen molar-refractivity contribution >= 4 is 28.3 Å². The number of carbonyl (C=O) groups is 2. The molecule has 31 heavy (non-hydrogen) atoms. The molecule has 11 heteroatoms. The van der Waals surface area contributed by atoms with E-state index in [-0.39, 0.29) is 11.6 Å². The van der Waals surface area contributed by atoms with Crippen molar-refractivity contribution in [3.05, 3.63) is 36.3 Å². The molecule has 0 radical (unpaired) electrons. The predicted molar refractivity (Wildman–Crippen MR) is 113 cm³/mol. The Kier molecular flexibility index (Phi) is 5.94. The van der Waals surface area contributed by atoms with E-state index in [9.17, 15) is 9.59 Å². The van der Waals surface area contributed by atoms with Gasteiger partial charge in [-0.05, 0) is 35.4 Å². The summed E-state index contributed by atoms with van der Waals surface area (Å²) >= 11 is 1.19. The number of para-hydroxylation sites is 1. The molecule has 3 aromatic rings. The van der Waals surface area contributed by atoms with Gasteiger partial charge < -0.3 is 9.47 Å². The number of anilines is 1. The molecule has 2 heterocycles. The van der Waals surface area contributed by atoms with E-state index in [4.69, 9.17) is 9.47 Å². The van der Waals surface area contributed by atoms with E-state index in [1.807, 2.05) is 18.2 Å². The zero-order valence-corrected chi connectivity index (χ0v) is 18.0. The number of esters is 1. The van der Waals surface area contributed by atoms with Gasteiger partial charge in [-0.15, -0.1) is 5.10 Å². The van der Waals surface area contributed by atoms with Crippen LogP contribution in [-0.2, 0) is 15.1 Å². The molecule has 0 spiro atoms. The molecule has 1 aliphatic carbocycles. The van der Waals surface area contributed by atoms with Gasteiger partial charge in [-0.25, -0.2) is 14.5 Å². The first-order valence-corrected chi connectivity index (χ1v) is 10.7. The molecule has 0 aliphatic heterocycles. The summed E-state index contributed by atoms with van der Waals surface area (Å²) in [6.07, 6.45) is 5.55. The number of rotatable bonds is 6. The topological polar surface area (TPSA) is 121 Å². The summed E-state index contributed by atoms with van der Waals surface area (Å²) in [6.45, 7) is 0. The van der Waals surface area contributed by atoms with Crippen LogP contribution in [0.5, 0.6) is 5.75 Å². The maximum Gasteiger partial charge on any atom is 0.358 e. The molecule has 0 bridgehead atoms. The molecule has 10 nitrogen and oxygen atoms in total. The van der Waals surface area contributed by atoms with Crippen LogP contribution in [0.2, 0.25) is 0 Å². The highest BCUT2D eigenvalue weighted by Crippen LogP contribution is 2.40. The Hall–Kier alpha value is -3.34. The van der Waals surface area contributed by atoms with Gasteiger partial charge in [0.15, 0.2) is 10.8 Å². The molecule has 1 N–H and O–H groups in total. The quantitative estimate of drug-likeness (QED) is 0.579. The highest BCUT2D eigenvalue weighted by atomic mass is 32.1. The average Bonchev–Trinajstić information content (AvgIpc) is 3.49. The number of nitrogens with one attached hydrogen (secondary N) is 1. The summed E-state index contributed by atoms with van der Waals surface area (Å²) < 4.78 is 11.9. The van der Waals surface area contributed by atoms with E-state index < -0.39 is 11.5 Å². The normalized spacial score (nSPS) is 15.3. The van der Waals surface area contributed by atoms with Gasteiger partial charge >= 0.3 is 5.97 Å². The summed E-state index contributed by atoms with van der Waals surface area (Å²) in [4.78, 5) is 30.7. The summed E-state index contributed by atoms with van der Waals surface area (Å²) in [5.74, 6) is -0.256. The van der Waals surface area contributed by atoms with Crippen molar-refractivity contribution in [1.82, 2.24) is 25.2 Å². The lowest BCUT2D eigenvalue weighted by atomic mass is 9.81. The summed E-state index contributed by atoms with van der Waals surface area (Å²) in [6, 6.07) is 7.30. The molecule has 0 unspecified atom stereocenters. The minimum absolute atomic E-state index is 0.118. The molecular formula is C20H22N6O4S. The number of tetrazole rings is 1. The Bertz CT molecular complexity index is 1080. The third kappa shape index (κ3) is 3.88. The fourth-order valence-corrected chi connectivity index (χ4v) is 4.87. The number of nitrogens with zero attached hydrogens (tertiary/aromatic N) is 5. The predicted octanol–water partition coefficient (Wildman–Crippen LogP) is 2.89. The number of hydrogen-bond donors (Lipinski definition) is 1. The van der Waals surface area contributed by atoms with Gasteiger partial charge in [-0.2, -0.15) is 0 Å². The van der Waals surface area contributed by atoms with Gasteiger partial charge in [0.2, 0.25) is 0 Å². The number of ether oxygens (including phenoxy) is 2. The number of benzene rings is 1. The minimum atomic E-state index is -0.885. The molecule has 1 aromatic carbocycles. The van der Waals surface area contributed by atoms with E-state index in [2.05, 4.69) is 25.8 Å². The first-order chi connectivity index (χ1) is 15.1. The van der Waals surface area contributed by atoms with Crippen LogP contribution in [0.4, 0.5) is 5.13 Å². The molecule has 1 aliphatic rings. The second-order valence-electron chi connectivity index (χ2n) is 7.19. The number of hydrogen-bond acceptors (Lipinski definition) is 9. The fraction of sp³-hybridized carbons (Fsp3) is 0.400. The van der Waals surface area contributed by atoms with Crippen LogP contribution < -0.4 is 10.1 Å². The fourth-order valence-electron chi connectivity index (χ4n) is 3.89. The van der Waals surface area contributed by atoms with E-state index in [0.29, 0.717) is 34.2 Å². The minimum Gasteiger partial charge on any atom is -0.496 e. The standard InChI is InChI=1S/C20H22N6O4S/c1-29-14-9-5-4-8-13(14)16-15(17(27)30-2)22-19(31-16)23-18(28)20(10-6-3-7-11-20)26-12-21-24-25-26/h4-5,8-9,12H,3,6-7,10-11H2,1-2H3,(H,22,23,28). The highest BCUT2D eigenvalue weighted by Gasteiger charge is 2.43. The number of methoxy groups -OCH3 is 2.